The van der Waals surface area contributed by atoms with Crippen LogP contribution in [-0.4, -0.2) is 56.7 Å². The fourth-order valence-electron chi connectivity index (χ4n) is 3.83. The molecule has 0 bridgehead atoms. The molecule has 27 heavy (non-hydrogen) atoms. The summed E-state index contributed by atoms with van der Waals surface area (Å²) in [6, 6.07) is 2.13. The zero-order chi connectivity index (χ0) is 19.1. The van der Waals surface area contributed by atoms with Crippen molar-refractivity contribution in [3.63, 3.8) is 0 Å². The number of rotatable bonds is 8. The molecule has 0 radical (unpaired) electrons. The Bertz CT molecular complexity index is 654. The normalized spacial score (nSPS) is 18.6. The number of carbonyl (C=O) groups is 1. The van der Waals surface area contributed by atoms with Gasteiger partial charge in [-0.25, -0.2) is 4.99 Å². The van der Waals surface area contributed by atoms with Crippen LogP contribution < -0.4 is 10.6 Å². The van der Waals surface area contributed by atoms with Gasteiger partial charge in [0.25, 0.3) is 0 Å². The van der Waals surface area contributed by atoms with Crippen molar-refractivity contribution in [3.05, 3.63) is 21.9 Å². The van der Waals surface area contributed by atoms with Gasteiger partial charge >= 0.3 is 0 Å². The lowest BCUT2D eigenvalue weighted by molar-refractivity contribution is -0.130. The van der Waals surface area contributed by atoms with Gasteiger partial charge in [-0.05, 0) is 55.0 Å². The third-order valence-corrected chi connectivity index (χ3v) is 6.78. The molecule has 0 saturated heterocycles. The first kappa shape index (κ1) is 20.1. The minimum Gasteiger partial charge on any atom is -0.385 e. The van der Waals surface area contributed by atoms with Gasteiger partial charge in [-0.3, -0.25) is 4.79 Å². The van der Waals surface area contributed by atoms with Crippen molar-refractivity contribution in [2.45, 2.75) is 45.6 Å². The zero-order valence-electron chi connectivity index (χ0n) is 16.6. The number of nitrogens with one attached hydrogen (secondary N) is 2. The Hall–Kier alpha value is -1.60. The summed E-state index contributed by atoms with van der Waals surface area (Å²) >= 11 is 1.79. The lowest BCUT2D eigenvalue weighted by Gasteiger charge is -2.42. The minimum atomic E-state index is 0.0989. The molecule has 150 valence electrons. The first-order valence-electron chi connectivity index (χ1n) is 10.00. The largest absolute Gasteiger partial charge is 0.385 e. The van der Waals surface area contributed by atoms with Gasteiger partial charge in [-0.2, -0.15) is 0 Å². The average molecular weight is 393 g/mol. The zero-order valence-corrected chi connectivity index (χ0v) is 17.4. The van der Waals surface area contributed by atoms with Crippen molar-refractivity contribution >= 4 is 23.2 Å². The first-order chi connectivity index (χ1) is 13.2. The predicted octanol–water partition coefficient (Wildman–Crippen LogP) is 2.39. The van der Waals surface area contributed by atoms with Gasteiger partial charge in [-0.15, -0.1) is 11.3 Å². The number of ether oxygens (including phenoxy) is 1. The van der Waals surface area contributed by atoms with Crippen LogP contribution in [0, 0.1) is 5.41 Å². The lowest BCUT2D eigenvalue weighted by Crippen LogP contribution is -2.47. The summed E-state index contributed by atoms with van der Waals surface area (Å²) in [7, 11) is 1.76. The standard InChI is InChI=1S/C20H32N4O2S/c1-3-21-19(23-15-20(7-4-8-20)9-11-26-2)22-13-18(25)24-10-5-17-16(14-24)6-12-27-17/h6,12H,3-5,7-11,13-15H2,1-2H3,(H2,21,22,23). The van der Waals surface area contributed by atoms with Gasteiger partial charge in [-0.1, -0.05) is 6.42 Å². The van der Waals surface area contributed by atoms with E-state index in [9.17, 15) is 4.79 Å². The van der Waals surface area contributed by atoms with Gasteiger partial charge in [0.2, 0.25) is 5.91 Å². The summed E-state index contributed by atoms with van der Waals surface area (Å²) in [5, 5.41) is 8.84. The Balaban J connectivity index is 1.51. The second-order valence-corrected chi connectivity index (χ2v) is 8.58. The average Bonchev–Trinajstić information content (AvgIpc) is 3.12. The van der Waals surface area contributed by atoms with Crippen LogP contribution in [0.2, 0.25) is 0 Å². The molecule has 0 atom stereocenters. The summed E-state index contributed by atoms with van der Waals surface area (Å²) in [5.41, 5.74) is 1.61. The number of guanidine groups is 1. The number of nitrogens with zero attached hydrogens (tertiary/aromatic N) is 2. The predicted molar refractivity (Wildman–Crippen MR) is 110 cm³/mol. The van der Waals surface area contributed by atoms with E-state index < -0.39 is 0 Å². The van der Waals surface area contributed by atoms with Gasteiger partial charge in [0.15, 0.2) is 5.96 Å². The molecule has 2 aliphatic rings. The number of thiophene rings is 1. The van der Waals surface area contributed by atoms with Gasteiger partial charge < -0.3 is 20.3 Å². The van der Waals surface area contributed by atoms with E-state index in [0.29, 0.717) is 5.41 Å². The quantitative estimate of drug-likeness (QED) is 0.527. The van der Waals surface area contributed by atoms with Crippen molar-refractivity contribution in [1.82, 2.24) is 15.5 Å². The van der Waals surface area contributed by atoms with Crippen LogP contribution in [-0.2, 0) is 22.5 Å². The highest BCUT2D eigenvalue weighted by atomic mass is 32.1. The van der Waals surface area contributed by atoms with E-state index >= 15 is 0 Å². The van der Waals surface area contributed by atoms with Gasteiger partial charge in [0.1, 0.15) is 6.54 Å². The summed E-state index contributed by atoms with van der Waals surface area (Å²) in [4.78, 5) is 20.5. The molecule has 1 aliphatic carbocycles. The molecule has 0 unspecified atom stereocenters. The van der Waals surface area contributed by atoms with Crippen molar-refractivity contribution in [2.75, 3.05) is 39.9 Å². The summed E-state index contributed by atoms with van der Waals surface area (Å²) in [6.07, 6.45) is 5.79. The van der Waals surface area contributed by atoms with Crippen LogP contribution >= 0.6 is 11.3 Å². The molecule has 1 aliphatic heterocycles. The molecule has 1 fully saturated rings. The Morgan fingerprint density at radius 1 is 1.41 bits per heavy atom. The smallest absolute Gasteiger partial charge is 0.244 e. The van der Waals surface area contributed by atoms with Gasteiger partial charge in [0.05, 0.1) is 0 Å². The molecule has 7 heteroatoms. The molecule has 3 rings (SSSR count). The molecule has 2 N–H and O–H groups in total. The minimum absolute atomic E-state index is 0.0989. The Morgan fingerprint density at radius 3 is 2.96 bits per heavy atom. The monoisotopic (exact) mass is 392 g/mol. The fraction of sp³-hybridized carbons (Fsp3) is 0.700. The van der Waals surface area contributed by atoms with Crippen molar-refractivity contribution in [2.24, 2.45) is 10.4 Å². The molecule has 0 aromatic carbocycles. The number of carbonyl (C=O) groups excluding carboxylic acids is 1. The molecule has 1 amide bonds. The van der Waals surface area contributed by atoms with E-state index in [0.717, 1.165) is 51.6 Å². The topological polar surface area (TPSA) is 66.0 Å². The Kier molecular flexibility index (Phi) is 7.13. The van der Waals surface area contributed by atoms with Crippen LogP contribution in [0.5, 0.6) is 0 Å². The molecule has 1 aromatic rings. The number of hydrogen-bond acceptors (Lipinski definition) is 4. The maximum Gasteiger partial charge on any atom is 0.244 e. The second kappa shape index (κ2) is 9.55. The number of amides is 1. The maximum atomic E-state index is 12.6. The Labute approximate surface area is 166 Å². The van der Waals surface area contributed by atoms with Crippen LogP contribution in [0.3, 0.4) is 0 Å². The molecular formula is C20H32N4O2S. The number of hydrogen-bond donors (Lipinski definition) is 2. The molecule has 1 saturated carbocycles. The Morgan fingerprint density at radius 2 is 2.26 bits per heavy atom. The molecule has 2 heterocycles. The van der Waals surface area contributed by atoms with Crippen molar-refractivity contribution < 1.29 is 9.53 Å². The van der Waals surface area contributed by atoms with Crippen LogP contribution in [0.15, 0.2) is 16.4 Å². The SMILES string of the molecule is CCNC(=NCC(=O)N1CCc2sccc2C1)NCC1(CCOC)CCC1. The van der Waals surface area contributed by atoms with Crippen LogP contribution in [0.25, 0.3) is 0 Å². The first-order valence-corrected chi connectivity index (χ1v) is 10.9. The molecule has 1 aromatic heterocycles. The lowest BCUT2D eigenvalue weighted by atomic mass is 9.67. The number of fused-ring (bicyclic) bond motifs is 1. The van der Waals surface area contributed by atoms with Crippen LogP contribution in [0.4, 0.5) is 0 Å². The fourth-order valence-corrected chi connectivity index (χ4v) is 4.72. The van der Waals surface area contributed by atoms with Crippen molar-refractivity contribution in [1.29, 1.82) is 0 Å². The van der Waals surface area contributed by atoms with E-state index in [-0.39, 0.29) is 12.5 Å². The van der Waals surface area contributed by atoms with Crippen LogP contribution in [0.1, 0.15) is 43.0 Å². The highest BCUT2D eigenvalue weighted by molar-refractivity contribution is 7.10. The van der Waals surface area contributed by atoms with Gasteiger partial charge in [0, 0.05) is 44.8 Å². The van der Waals surface area contributed by atoms with E-state index in [1.807, 2.05) is 11.8 Å². The summed E-state index contributed by atoms with van der Waals surface area (Å²) in [6.45, 7) is 6.23. The second-order valence-electron chi connectivity index (χ2n) is 7.58. The summed E-state index contributed by atoms with van der Waals surface area (Å²) in [5.74, 6) is 0.838. The van der Waals surface area contributed by atoms with Crippen molar-refractivity contribution in [3.8, 4) is 0 Å². The summed E-state index contributed by atoms with van der Waals surface area (Å²) < 4.78 is 5.27. The highest BCUT2D eigenvalue weighted by Gasteiger charge is 2.36. The molecule has 0 spiro atoms. The molecule has 6 nitrogen and oxygen atoms in total. The maximum absolute atomic E-state index is 12.6. The van der Waals surface area contributed by atoms with E-state index in [4.69, 9.17) is 4.74 Å². The van der Waals surface area contributed by atoms with E-state index in [2.05, 4.69) is 27.1 Å². The number of aliphatic imine (C=N–C) groups is 1. The number of methoxy groups -OCH3 is 1. The highest BCUT2D eigenvalue weighted by Crippen LogP contribution is 2.43. The third kappa shape index (κ3) is 5.23. The van der Waals surface area contributed by atoms with E-state index in [1.165, 1.54) is 29.7 Å². The van der Waals surface area contributed by atoms with E-state index in [1.54, 1.807) is 18.4 Å². The molecular weight excluding hydrogens is 360 g/mol. The third-order valence-electron chi connectivity index (χ3n) is 5.76.